The minimum atomic E-state index is -1.54. The molecule has 0 amide bonds. The fourth-order valence-corrected chi connectivity index (χ4v) is 0.474. The first-order chi connectivity index (χ1) is 4.36. The fourth-order valence-electron chi connectivity index (χ4n) is 0.474. The van der Waals surface area contributed by atoms with Crippen molar-refractivity contribution < 1.29 is 15.7 Å². The lowest BCUT2D eigenvalue weighted by Crippen LogP contribution is -2.44. The second-order valence-corrected chi connectivity index (χ2v) is 2.42. The first-order valence-corrected chi connectivity index (χ1v) is 2.72. The molecule has 0 saturated heterocycles. The monoisotopic (exact) mass is 148 g/mol. The van der Waals surface area contributed by atoms with Crippen molar-refractivity contribution in [2.75, 3.05) is 0 Å². The number of carboxylic acids is 1. The molecule has 10 heavy (non-hydrogen) atoms. The quantitative estimate of drug-likeness (QED) is 0.621. The lowest BCUT2D eigenvalue weighted by molar-refractivity contribution is -0.142. The number of carboxylic acid groups (broad SMARTS) is 1. The standard InChI is InChI=1S/C6H10FNO2/c1-4(7)3-6(2,8)5(9)10/h1,3,8H2,2H3,(H,9,10)/p+1. The van der Waals surface area contributed by atoms with Crippen LogP contribution < -0.4 is 5.73 Å². The molecular formula is C6H11FNO2+. The van der Waals surface area contributed by atoms with Crippen LogP contribution in [0.25, 0.3) is 0 Å². The average Bonchev–Trinajstić information content (AvgIpc) is 1.60. The van der Waals surface area contributed by atoms with Crippen molar-refractivity contribution in [2.45, 2.75) is 18.9 Å². The van der Waals surface area contributed by atoms with Gasteiger partial charge in [0.15, 0.2) is 0 Å². The third kappa shape index (κ3) is 2.59. The highest BCUT2D eigenvalue weighted by Crippen LogP contribution is 2.12. The van der Waals surface area contributed by atoms with Gasteiger partial charge in [0, 0.05) is 6.42 Å². The molecule has 0 radical (unpaired) electrons. The van der Waals surface area contributed by atoms with Crippen molar-refractivity contribution in [1.29, 1.82) is 0 Å². The lowest BCUT2D eigenvalue weighted by Gasteiger charge is -2.16. The van der Waals surface area contributed by atoms with E-state index in [1.54, 1.807) is 0 Å². The molecule has 1 unspecified atom stereocenters. The van der Waals surface area contributed by atoms with E-state index in [0.29, 0.717) is 0 Å². The molecule has 0 aliphatic carbocycles. The normalized spacial score (nSPS) is 15.9. The predicted octanol–water partition coefficient (Wildman–Crippen LogP) is 0.774. The lowest BCUT2D eigenvalue weighted by atomic mass is 9.99. The number of aliphatic carboxylic acids is 1. The summed E-state index contributed by atoms with van der Waals surface area (Å²) in [6.45, 7) is 4.15. The number of rotatable bonds is 3. The highest BCUT2D eigenvalue weighted by molar-refractivity contribution is 5.78. The molecule has 0 aromatic rings. The molecule has 3 nitrogen and oxygen atoms in total. The molecule has 0 aromatic heterocycles. The summed E-state index contributed by atoms with van der Waals surface area (Å²) < 4.78 is 12.0. The van der Waals surface area contributed by atoms with E-state index in [1.165, 1.54) is 6.92 Å². The van der Waals surface area contributed by atoms with Crippen molar-refractivity contribution in [3.63, 3.8) is 0 Å². The van der Waals surface area contributed by atoms with Gasteiger partial charge in [-0.1, -0.05) is 6.58 Å². The smallest absolute Gasteiger partial charge is 0.480 e. The average molecular weight is 148 g/mol. The van der Waals surface area contributed by atoms with Gasteiger partial charge in [0.1, 0.15) is 5.54 Å². The number of nitrogens with two attached hydrogens (primary N) is 1. The summed E-state index contributed by atoms with van der Waals surface area (Å²) in [4.78, 5) is 10.2. The maximum Gasteiger partial charge on any atom is 1.00 e. The van der Waals surface area contributed by atoms with E-state index in [2.05, 4.69) is 6.58 Å². The number of carbonyl (C=O) groups is 1. The Morgan fingerprint density at radius 2 is 2.40 bits per heavy atom. The van der Waals surface area contributed by atoms with Gasteiger partial charge >= 0.3 is 7.40 Å². The SMILES string of the molecule is C=C(F)CC(C)(N)C(=O)O.[H+]. The van der Waals surface area contributed by atoms with Crippen LogP contribution in [0.3, 0.4) is 0 Å². The Morgan fingerprint density at radius 3 is 2.50 bits per heavy atom. The summed E-state index contributed by atoms with van der Waals surface area (Å²) in [5, 5.41) is 8.36. The minimum Gasteiger partial charge on any atom is -0.480 e. The van der Waals surface area contributed by atoms with Crippen molar-refractivity contribution in [3.05, 3.63) is 12.4 Å². The molecular weight excluding hydrogens is 137 g/mol. The molecule has 4 heteroatoms. The van der Waals surface area contributed by atoms with Gasteiger partial charge in [-0.3, -0.25) is 4.79 Å². The maximum atomic E-state index is 12.0. The van der Waals surface area contributed by atoms with Crippen molar-refractivity contribution in [3.8, 4) is 0 Å². The molecule has 0 spiro atoms. The molecule has 0 aliphatic rings. The van der Waals surface area contributed by atoms with Crippen LogP contribution in [0.5, 0.6) is 0 Å². The molecule has 0 aromatic carbocycles. The van der Waals surface area contributed by atoms with E-state index in [4.69, 9.17) is 10.8 Å². The zero-order valence-corrected chi connectivity index (χ0v) is 5.72. The van der Waals surface area contributed by atoms with Gasteiger partial charge in [-0.2, -0.15) is 0 Å². The summed E-state index contributed by atoms with van der Waals surface area (Å²) in [6, 6.07) is 0. The van der Waals surface area contributed by atoms with Crippen molar-refractivity contribution in [1.82, 2.24) is 0 Å². The Hall–Kier alpha value is -0.900. The zero-order chi connectivity index (χ0) is 8.36. The third-order valence-electron chi connectivity index (χ3n) is 1.05. The largest absolute Gasteiger partial charge is 1.00 e. The highest BCUT2D eigenvalue weighted by Gasteiger charge is 2.28. The second-order valence-electron chi connectivity index (χ2n) is 2.42. The topological polar surface area (TPSA) is 63.3 Å². The van der Waals surface area contributed by atoms with Gasteiger partial charge < -0.3 is 10.8 Å². The summed E-state index contributed by atoms with van der Waals surface area (Å²) in [6.07, 6.45) is -0.345. The summed E-state index contributed by atoms with van der Waals surface area (Å²) in [7, 11) is 0. The summed E-state index contributed by atoms with van der Waals surface area (Å²) in [5.41, 5.74) is 3.62. The van der Waals surface area contributed by atoms with E-state index >= 15 is 0 Å². The van der Waals surface area contributed by atoms with Crippen LogP contribution >= 0.6 is 0 Å². The van der Waals surface area contributed by atoms with Crippen LogP contribution in [0.2, 0.25) is 0 Å². The molecule has 3 N–H and O–H groups in total. The van der Waals surface area contributed by atoms with E-state index in [1.807, 2.05) is 0 Å². The summed E-state index contributed by atoms with van der Waals surface area (Å²) in [5.74, 6) is -1.95. The van der Waals surface area contributed by atoms with E-state index in [-0.39, 0.29) is 7.85 Å². The molecule has 0 fully saturated rings. The molecule has 0 bridgehead atoms. The van der Waals surface area contributed by atoms with Gasteiger partial charge in [0.2, 0.25) is 0 Å². The van der Waals surface area contributed by atoms with Crippen LogP contribution in [0.1, 0.15) is 14.8 Å². The fraction of sp³-hybridized carbons (Fsp3) is 0.500. The van der Waals surface area contributed by atoms with Gasteiger partial charge in [-0.05, 0) is 6.92 Å². The molecule has 0 rings (SSSR count). The first kappa shape index (κ1) is 9.10. The number of hydrogen-bond acceptors (Lipinski definition) is 2. The Labute approximate surface area is 59.8 Å². The van der Waals surface area contributed by atoms with E-state index in [9.17, 15) is 9.18 Å². The van der Waals surface area contributed by atoms with Gasteiger partial charge in [-0.15, -0.1) is 0 Å². The molecule has 0 heterocycles. The Morgan fingerprint density at radius 1 is 2.00 bits per heavy atom. The van der Waals surface area contributed by atoms with Crippen LogP contribution in [-0.4, -0.2) is 16.6 Å². The summed E-state index contributed by atoms with van der Waals surface area (Å²) >= 11 is 0. The minimum absolute atomic E-state index is 0. The molecule has 58 valence electrons. The van der Waals surface area contributed by atoms with E-state index in [0.717, 1.165) is 0 Å². The van der Waals surface area contributed by atoms with Crippen LogP contribution in [0.15, 0.2) is 12.4 Å². The van der Waals surface area contributed by atoms with Crippen LogP contribution in [-0.2, 0) is 4.79 Å². The maximum absolute atomic E-state index is 12.0. The van der Waals surface area contributed by atoms with Crippen molar-refractivity contribution >= 4 is 5.97 Å². The Balaban J connectivity index is 0. The van der Waals surface area contributed by atoms with Gasteiger partial charge in [0.25, 0.3) is 0 Å². The Bertz CT molecular complexity index is 170. The van der Waals surface area contributed by atoms with Crippen LogP contribution in [0, 0.1) is 0 Å². The third-order valence-corrected chi connectivity index (χ3v) is 1.05. The predicted molar refractivity (Wildman–Crippen MR) is 36.2 cm³/mol. The Kier molecular flexibility index (Phi) is 2.54. The van der Waals surface area contributed by atoms with E-state index < -0.39 is 17.3 Å². The zero-order valence-electron chi connectivity index (χ0n) is 6.72. The van der Waals surface area contributed by atoms with Crippen molar-refractivity contribution in [2.24, 2.45) is 5.73 Å². The molecule has 0 aliphatic heterocycles. The first-order valence-electron chi connectivity index (χ1n) is 2.72. The molecule has 1 atom stereocenters. The number of halogens is 1. The highest BCUT2D eigenvalue weighted by atomic mass is 19.1. The number of hydrogen-bond donors (Lipinski definition) is 2. The van der Waals surface area contributed by atoms with Crippen LogP contribution in [0.4, 0.5) is 4.39 Å². The molecule has 0 saturated carbocycles. The second kappa shape index (κ2) is 2.79. The van der Waals surface area contributed by atoms with Gasteiger partial charge in [-0.25, -0.2) is 4.39 Å². The van der Waals surface area contributed by atoms with Gasteiger partial charge in [0.05, 0.1) is 5.83 Å².